The van der Waals surface area contributed by atoms with Crippen molar-refractivity contribution in [2.75, 3.05) is 6.61 Å². The molecule has 0 aromatic heterocycles. The van der Waals surface area contributed by atoms with Crippen molar-refractivity contribution in [1.29, 1.82) is 0 Å². The van der Waals surface area contributed by atoms with Crippen LogP contribution in [0.1, 0.15) is 64.5 Å². The predicted octanol–water partition coefficient (Wildman–Crippen LogP) is 4.44. The zero-order chi connectivity index (χ0) is 15.5. The Morgan fingerprint density at radius 2 is 2.00 bits per heavy atom. The van der Waals surface area contributed by atoms with Crippen molar-refractivity contribution in [3.05, 3.63) is 29.3 Å². The zero-order valence-corrected chi connectivity index (χ0v) is 14.1. The minimum absolute atomic E-state index is 0.115. The molecular formula is C19H31NO. The quantitative estimate of drug-likeness (QED) is 0.869. The van der Waals surface area contributed by atoms with E-state index in [2.05, 4.69) is 45.9 Å². The molecule has 2 nitrogen and oxygen atoms in total. The first-order chi connectivity index (χ1) is 9.91. The lowest BCUT2D eigenvalue weighted by Crippen LogP contribution is -2.25. The van der Waals surface area contributed by atoms with Gasteiger partial charge in [0.15, 0.2) is 0 Å². The van der Waals surface area contributed by atoms with Crippen LogP contribution in [0.3, 0.4) is 0 Å². The smallest absolute Gasteiger partial charge is 0.123 e. The Hall–Kier alpha value is -1.02. The van der Waals surface area contributed by atoms with Gasteiger partial charge in [-0.1, -0.05) is 46.2 Å². The molecule has 2 unspecified atom stereocenters. The first-order valence-corrected chi connectivity index (χ1v) is 8.43. The molecule has 1 aromatic carbocycles. The summed E-state index contributed by atoms with van der Waals surface area (Å²) >= 11 is 0. The summed E-state index contributed by atoms with van der Waals surface area (Å²) in [6.07, 6.45) is 5.89. The molecule has 0 aliphatic heterocycles. The maximum atomic E-state index is 6.14. The first-order valence-electron chi connectivity index (χ1n) is 8.43. The molecular weight excluding hydrogens is 258 g/mol. The van der Waals surface area contributed by atoms with Gasteiger partial charge >= 0.3 is 0 Å². The van der Waals surface area contributed by atoms with Crippen molar-refractivity contribution in [2.45, 2.75) is 71.3 Å². The highest BCUT2D eigenvalue weighted by Crippen LogP contribution is 2.33. The molecule has 1 fully saturated rings. The van der Waals surface area contributed by atoms with Crippen LogP contribution in [0.2, 0.25) is 0 Å². The summed E-state index contributed by atoms with van der Waals surface area (Å²) in [5.41, 5.74) is 8.95. The van der Waals surface area contributed by atoms with Crippen LogP contribution in [-0.2, 0) is 11.8 Å². The fraction of sp³-hybridized carbons (Fsp3) is 0.684. The van der Waals surface area contributed by atoms with Crippen molar-refractivity contribution < 1.29 is 4.74 Å². The Balaban J connectivity index is 2.02. The van der Waals surface area contributed by atoms with E-state index in [0.717, 1.165) is 25.2 Å². The minimum atomic E-state index is 0.115. The van der Waals surface area contributed by atoms with Crippen LogP contribution in [0.25, 0.3) is 0 Å². The molecule has 0 amide bonds. The first kappa shape index (κ1) is 16.4. The summed E-state index contributed by atoms with van der Waals surface area (Å²) in [4.78, 5) is 0. The number of nitrogens with two attached hydrogens (primary N) is 1. The Morgan fingerprint density at radius 1 is 1.24 bits per heavy atom. The Kier molecular flexibility index (Phi) is 5.32. The summed E-state index contributed by atoms with van der Waals surface area (Å²) < 4.78 is 6.12. The Bertz CT molecular complexity index is 461. The van der Waals surface area contributed by atoms with Crippen molar-refractivity contribution in [2.24, 2.45) is 11.7 Å². The van der Waals surface area contributed by atoms with E-state index in [1.165, 1.54) is 30.4 Å². The van der Waals surface area contributed by atoms with Crippen molar-refractivity contribution >= 4 is 0 Å². The average molecular weight is 289 g/mol. The van der Waals surface area contributed by atoms with Gasteiger partial charge in [-0.25, -0.2) is 0 Å². The number of benzene rings is 1. The van der Waals surface area contributed by atoms with Crippen molar-refractivity contribution in [3.63, 3.8) is 0 Å². The normalized spacial score (nSPS) is 22.5. The third kappa shape index (κ3) is 4.23. The van der Waals surface area contributed by atoms with Crippen LogP contribution in [0, 0.1) is 5.92 Å². The Labute approximate surface area is 130 Å². The van der Waals surface area contributed by atoms with E-state index in [1.54, 1.807) is 0 Å². The summed E-state index contributed by atoms with van der Waals surface area (Å²) in [6, 6.07) is 7.02. The predicted molar refractivity (Wildman–Crippen MR) is 89.9 cm³/mol. The third-order valence-corrected chi connectivity index (χ3v) is 4.72. The van der Waals surface area contributed by atoms with Crippen LogP contribution >= 0.6 is 0 Å². The Morgan fingerprint density at radius 3 is 2.57 bits per heavy atom. The summed E-state index contributed by atoms with van der Waals surface area (Å²) in [6.45, 7) is 9.74. The monoisotopic (exact) mass is 289 g/mol. The van der Waals surface area contributed by atoms with Crippen LogP contribution < -0.4 is 10.5 Å². The van der Waals surface area contributed by atoms with Gasteiger partial charge in [-0.05, 0) is 54.2 Å². The number of ether oxygens (including phenoxy) is 1. The van der Waals surface area contributed by atoms with Gasteiger partial charge in [-0.3, -0.25) is 0 Å². The minimum Gasteiger partial charge on any atom is -0.493 e. The molecule has 2 N–H and O–H groups in total. The van der Waals surface area contributed by atoms with Gasteiger partial charge < -0.3 is 10.5 Å². The van der Waals surface area contributed by atoms with Crippen LogP contribution in [0.4, 0.5) is 0 Å². The highest BCUT2D eigenvalue weighted by molar-refractivity contribution is 5.41. The molecule has 1 aliphatic carbocycles. The standard InChI is InChI=1S/C19H31NO/c1-5-14-9-10-18(16(13-14)19(2,3)4)21-12-11-15-7-6-8-17(15)20/h9-10,13,15,17H,5-8,11-12,20H2,1-4H3. The second-order valence-electron chi connectivity index (χ2n) is 7.43. The molecule has 0 bridgehead atoms. The molecule has 2 heteroatoms. The maximum absolute atomic E-state index is 6.14. The van der Waals surface area contributed by atoms with E-state index in [4.69, 9.17) is 10.5 Å². The topological polar surface area (TPSA) is 35.2 Å². The molecule has 2 rings (SSSR count). The number of aryl methyl sites for hydroxylation is 1. The molecule has 0 saturated heterocycles. The molecule has 21 heavy (non-hydrogen) atoms. The lowest BCUT2D eigenvalue weighted by atomic mass is 9.85. The average Bonchev–Trinajstić information content (AvgIpc) is 2.83. The fourth-order valence-corrected chi connectivity index (χ4v) is 3.25. The highest BCUT2D eigenvalue weighted by Gasteiger charge is 2.24. The largest absolute Gasteiger partial charge is 0.493 e. The number of rotatable bonds is 5. The second-order valence-corrected chi connectivity index (χ2v) is 7.43. The van der Waals surface area contributed by atoms with E-state index >= 15 is 0 Å². The molecule has 1 aliphatic rings. The summed E-state index contributed by atoms with van der Waals surface area (Å²) in [5.74, 6) is 1.70. The molecule has 0 spiro atoms. The van der Waals surface area contributed by atoms with Gasteiger partial charge in [0.05, 0.1) is 6.61 Å². The molecule has 118 valence electrons. The van der Waals surface area contributed by atoms with Gasteiger partial charge in [0, 0.05) is 6.04 Å². The SMILES string of the molecule is CCc1ccc(OCCC2CCCC2N)c(C(C)(C)C)c1. The van der Waals surface area contributed by atoms with E-state index < -0.39 is 0 Å². The van der Waals surface area contributed by atoms with Crippen LogP contribution in [-0.4, -0.2) is 12.6 Å². The molecule has 2 atom stereocenters. The van der Waals surface area contributed by atoms with Crippen LogP contribution in [0.15, 0.2) is 18.2 Å². The van der Waals surface area contributed by atoms with Gasteiger partial charge in [0.1, 0.15) is 5.75 Å². The number of hydrogen-bond acceptors (Lipinski definition) is 2. The van der Waals surface area contributed by atoms with Gasteiger partial charge in [0.2, 0.25) is 0 Å². The van der Waals surface area contributed by atoms with Gasteiger partial charge in [-0.15, -0.1) is 0 Å². The van der Waals surface area contributed by atoms with Gasteiger partial charge in [-0.2, -0.15) is 0 Å². The van der Waals surface area contributed by atoms with E-state index in [-0.39, 0.29) is 5.41 Å². The van der Waals surface area contributed by atoms with Gasteiger partial charge in [0.25, 0.3) is 0 Å². The lowest BCUT2D eigenvalue weighted by molar-refractivity contribution is 0.265. The number of hydrogen-bond donors (Lipinski definition) is 1. The highest BCUT2D eigenvalue weighted by atomic mass is 16.5. The second kappa shape index (κ2) is 6.83. The third-order valence-electron chi connectivity index (χ3n) is 4.72. The summed E-state index contributed by atoms with van der Waals surface area (Å²) in [7, 11) is 0. The lowest BCUT2D eigenvalue weighted by Gasteiger charge is -2.24. The maximum Gasteiger partial charge on any atom is 0.123 e. The molecule has 1 saturated carbocycles. The van der Waals surface area contributed by atoms with E-state index in [9.17, 15) is 0 Å². The summed E-state index contributed by atoms with van der Waals surface area (Å²) in [5, 5.41) is 0. The molecule has 0 radical (unpaired) electrons. The van der Waals surface area contributed by atoms with Crippen molar-refractivity contribution in [1.82, 2.24) is 0 Å². The fourth-order valence-electron chi connectivity index (χ4n) is 3.25. The molecule has 0 heterocycles. The molecule has 1 aromatic rings. The van der Waals surface area contributed by atoms with Crippen molar-refractivity contribution in [3.8, 4) is 5.75 Å². The van der Waals surface area contributed by atoms with E-state index in [1.807, 2.05) is 0 Å². The van der Waals surface area contributed by atoms with Crippen LogP contribution in [0.5, 0.6) is 5.75 Å². The zero-order valence-electron chi connectivity index (χ0n) is 14.1. The van der Waals surface area contributed by atoms with E-state index in [0.29, 0.717) is 12.0 Å².